The third kappa shape index (κ3) is 4.49. The first kappa shape index (κ1) is 15.8. The average Bonchev–Trinajstić information content (AvgIpc) is 2.62. The summed E-state index contributed by atoms with van der Waals surface area (Å²) in [4.78, 5) is 0. The van der Waals surface area contributed by atoms with Crippen LogP contribution in [0.15, 0.2) is 16.6 Å². The third-order valence-electron chi connectivity index (χ3n) is 4.12. The molecule has 1 heterocycles. The van der Waals surface area contributed by atoms with E-state index in [9.17, 15) is 0 Å². The smallest absolute Gasteiger partial charge is 0.0516 e. The van der Waals surface area contributed by atoms with Crippen LogP contribution in [0.25, 0.3) is 0 Å². The Kier molecular flexibility index (Phi) is 5.91. The monoisotopic (exact) mass is 338 g/mol. The molecule has 0 spiro atoms. The largest absolute Gasteiger partial charge is 0.381 e. The summed E-state index contributed by atoms with van der Waals surface area (Å²) in [5.74, 6) is 0. The Morgan fingerprint density at radius 3 is 2.85 bits per heavy atom. The number of hydrogen-bond donors (Lipinski definition) is 2. The number of halogens is 1. The Hall–Kier alpha value is -0.540. The number of aryl methyl sites for hydroxylation is 2. The summed E-state index contributed by atoms with van der Waals surface area (Å²) in [6.45, 7) is 7.79. The zero-order chi connectivity index (χ0) is 14.5. The van der Waals surface area contributed by atoms with Crippen molar-refractivity contribution in [1.29, 1.82) is 0 Å². The van der Waals surface area contributed by atoms with Gasteiger partial charge in [0.05, 0.1) is 5.69 Å². The molecule has 2 nitrogen and oxygen atoms in total. The van der Waals surface area contributed by atoms with Crippen LogP contribution < -0.4 is 10.6 Å². The van der Waals surface area contributed by atoms with E-state index in [1.807, 2.05) is 0 Å². The highest BCUT2D eigenvalue weighted by atomic mass is 79.9. The van der Waals surface area contributed by atoms with Crippen molar-refractivity contribution in [3.8, 4) is 0 Å². The van der Waals surface area contributed by atoms with E-state index in [1.54, 1.807) is 0 Å². The Labute approximate surface area is 131 Å². The van der Waals surface area contributed by atoms with E-state index >= 15 is 0 Å². The molecule has 0 radical (unpaired) electrons. The van der Waals surface area contributed by atoms with Gasteiger partial charge >= 0.3 is 0 Å². The molecule has 1 aliphatic heterocycles. The molecular formula is C17H27BrN2. The molecule has 1 aromatic rings. The maximum atomic E-state index is 3.69. The standard InChI is InChI=1S/C17H27BrN2/c1-12-9-13(2)17(16(18)10-12)20-14(3)11-15-7-5-4-6-8-19-15/h9-10,14-15,19-20H,4-8,11H2,1-3H3. The van der Waals surface area contributed by atoms with Gasteiger partial charge in [0.15, 0.2) is 0 Å². The molecule has 2 atom stereocenters. The molecule has 1 aromatic carbocycles. The maximum absolute atomic E-state index is 3.69. The zero-order valence-corrected chi connectivity index (χ0v) is 14.5. The van der Waals surface area contributed by atoms with Gasteiger partial charge in [0, 0.05) is 16.6 Å². The topological polar surface area (TPSA) is 24.1 Å². The number of rotatable bonds is 4. The predicted molar refractivity (Wildman–Crippen MR) is 91.6 cm³/mol. The van der Waals surface area contributed by atoms with E-state index < -0.39 is 0 Å². The number of benzene rings is 1. The van der Waals surface area contributed by atoms with Crippen LogP contribution in [0, 0.1) is 13.8 Å². The van der Waals surface area contributed by atoms with Gasteiger partial charge in [0.2, 0.25) is 0 Å². The van der Waals surface area contributed by atoms with Crippen LogP contribution in [0.1, 0.15) is 50.2 Å². The molecule has 0 aromatic heterocycles. The normalized spacial score (nSPS) is 21.3. The van der Waals surface area contributed by atoms with Crippen LogP contribution in [-0.4, -0.2) is 18.6 Å². The lowest BCUT2D eigenvalue weighted by atomic mass is 10.0. The lowest BCUT2D eigenvalue weighted by Crippen LogP contribution is -2.33. The van der Waals surface area contributed by atoms with Crippen LogP contribution in [0.3, 0.4) is 0 Å². The van der Waals surface area contributed by atoms with Gasteiger partial charge in [0.1, 0.15) is 0 Å². The van der Waals surface area contributed by atoms with Gasteiger partial charge in [0.25, 0.3) is 0 Å². The second kappa shape index (κ2) is 7.46. The molecule has 0 saturated carbocycles. The van der Waals surface area contributed by atoms with Crippen molar-refractivity contribution in [3.05, 3.63) is 27.7 Å². The molecule has 20 heavy (non-hydrogen) atoms. The summed E-state index contributed by atoms with van der Waals surface area (Å²) in [6.07, 6.45) is 6.60. The minimum atomic E-state index is 0.489. The SMILES string of the molecule is Cc1cc(C)c(NC(C)CC2CCCCCN2)c(Br)c1. The Bertz CT molecular complexity index is 414. The third-order valence-corrected chi connectivity index (χ3v) is 4.75. The fraction of sp³-hybridized carbons (Fsp3) is 0.647. The minimum Gasteiger partial charge on any atom is -0.381 e. The quantitative estimate of drug-likeness (QED) is 0.824. The van der Waals surface area contributed by atoms with Crippen LogP contribution in [0.4, 0.5) is 5.69 Å². The molecule has 2 rings (SSSR count). The highest BCUT2D eigenvalue weighted by Crippen LogP contribution is 2.29. The maximum Gasteiger partial charge on any atom is 0.0516 e. The molecule has 2 unspecified atom stereocenters. The highest BCUT2D eigenvalue weighted by molar-refractivity contribution is 9.10. The first-order valence-corrected chi connectivity index (χ1v) is 8.62. The second-order valence-electron chi connectivity index (χ2n) is 6.22. The number of hydrogen-bond acceptors (Lipinski definition) is 2. The molecule has 1 saturated heterocycles. The zero-order valence-electron chi connectivity index (χ0n) is 12.9. The van der Waals surface area contributed by atoms with Crippen molar-refractivity contribution < 1.29 is 0 Å². The summed E-state index contributed by atoms with van der Waals surface area (Å²) in [6, 6.07) is 5.59. The van der Waals surface area contributed by atoms with Crippen LogP contribution >= 0.6 is 15.9 Å². The number of nitrogens with one attached hydrogen (secondary N) is 2. The molecule has 0 aliphatic carbocycles. The van der Waals surface area contributed by atoms with Gasteiger partial charge in [-0.3, -0.25) is 0 Å². The van der Waals surface area contributed by atoms with Gasteiger partial charge in [-0.2, -0.15) is 0 Å². The van der Waals surface area contributed by atoms with Crippen molar-refractivity contribution >= 4 is 21.6 Å². The van der Waals surface area contributed by atoms with E-state index in [2.05, 4.69) is 59.5 Å². The molecule has 112 valence electrons. The first-order chi connectivity index (χ1) is 9.56. The van der Waals surface area contributed by atoms with Gasteiger partial charge in [-0.25, -0.2) is 0 Å². The van der Waals surface area contributed by atoms with Crippen molar-refractivity contribution in [2.45, 2.75) is 65.0 Å². The van der Waals surface area contributed by atoms with Crippen LogP contribution in [0.5, 0.6) is 0 Å². The average molecular weight is 339 g/mol. The van der Waals surface area contributed by atoms with Gasteiger partial charge < -0.3 is 10.6 Å². The van der Waals surface area contributed by atoms with Gasteiger partial charge in [-0.15, -0.1) is 0 Å². The fourth-order valence-electron chi connectivity index (χ4n) is 3.13. The van der Waals surface area contributed by atoms with Crippen molar-refractivity contribution in [3.63, 3.8) is 0 Å². The molecule has 1 fully saturated rings. The summed E-state index contributed by atoms with van der Waals surface area (Å²) >= 11 is 3.69. The fourth-order valence-corrected chi connectivity index (χ4v) is 3.92. The Morgan fingerprint density at radius 1 is 1.30 bits per heavy atom. The molecular weight excluding hydrogens is 312 g/mol. The van der Waals surface area contributed by atoms with Crippen LogP contribution in [-0.2, 0) is 0 Å². The van der Waals surface area contributed by atoms with E-state index in [1.165, 1.54) is 59.9 Å². The van der Waals surface area contributed by atoms with E-state index in [-0.39, 0.29) is 0 Å². The molecule has 0 bridgehead atoms. The van der Waals surface area contributed by atoms with Gasteiger partial charge in [-0.05, 0) is 79.7 Å². The molecule has 3 heteroatoms. The Morgan fingerprint density at radius 2 is 2.10 bits per heavy atom. The number of anilines is 1. The van der Waals surface area contributed by atoms with Crippen LogP contribution in [0.2, 0.25) is 0 Å². The highest BCUT2D eigenvalue weighted by Gasteiger charge is 2.16. The Balaban J connectivity index is 1.95. The molecule has 0 amide bonds. The van der Waals surface area contributed by atoms with Crippen molar-refractivity contribution in [2.24, 2.45) is 0 Å². The van der Waals surface area contributed by atoms with Crippen molar-refractivity contribution in [2.75, 3.05) is 11.9 Å². The first-order valence-electron chi connectivity index (χ1n) is 7.83. The van der Waals surface area contributed by atoms with Gasteiger partial charge in [-0.1, -0.05) is 18.9 Å². The lowest BCUT2D eigenvalue weighted by Gasteiger charge is -2.24. The van der Waals surface area contributed by atoms with Crippen molar-refractivity contribution in [1.82, 2.24) is 5.32 Å². The van der Waals surface area contributed by atoms with E-state index in [0.717, 1.165) is 0 Å². The lowest BCUT2D eigenvalue weighted by molar-refractivity contribution is 0.456. The summed E-state index contributed by atoms with van der Waals surface area (Å²) in [5.41, 5.74) is 3.87. The van der Waals surface area contributed by atoms with E-state index in [0.29, 0.717) is 12.1 Å². The summed E-state index contributed by atoms with van der Waals surface area (Å²) in [7, 11) is 0. The minimum absolute atomic E-state index is 0.489. The summed E-state index contributed by atoms with van der Waals surface area (Å²) in [5, 5.41) is 7.37. The summed E-state index contributed by atoms with van der Waals surface area (Å²) < 4.78 is 1.18. The molecule has 2 N–H and O–H groups in total. The second-order valence-corrected chi connectivity index (χ2v) is 7.07. The predicted octanol–water partition coefficient (Wildman–Crippen LogP) is 4.79. The molecule has 1 aliphatic rings. The van der Waals surface area contributed by atoms with E-state index in [4.69, 9.17) is 0 Å².